The van der Waals surface area contributed by atoms with E-state index in [0.29, 0.717) is 28.8 Å². The molecule has 0 aliphatic heterocycles. The maximum Gasteiger partial charge on any atom is 0.258 e. The van der Waals surface area contributed by atoms with Crippen LogP contribution in [0.15, 0.2) is 47.2 Å². The SMILES string of the molecule is COc1ccc(NC(=O)c2cnc(Nc3cc(C)on3)nc2)cc1. The highest BCUT2D eigenvalue weighted by molar-refractivity contribution is 6.03. The summed E-state index contributed by atoms with van der Waals surface area (Å²) in [5.41, 5.74) is 0.994. The van der Waals surface area contributed by atoms with Crippen LogP contribution in [0.25, 0.3) is 0 Å². The normalized spacial score (nSPS) is 10.2. The molecule has 1 aromatic carbocycles. The van der Waals surface area contributed by atoms with Crippen molar-refractivity contribution >= 4 is 23.4 Å². The number of nitrogens with one attached hydrogen (secondary N) is 2. The number of ether oxygens (including phenoxy) is 1. The number of aryl methyl sites for hydroxylation is 1. The lowest BCUT2D eigenvalue weighted by molar-refractivity contribution is 0.102. The maximum atomic E-state index is 12.2. The molecule has 122 valence electrons. The molecule has 1 amide bonds. The van der Waals surface area contributed by atoms with Gasteiger partial charge in [0.25, 0.3) is 5.91 Å². The molecule has 0 bridgehead atoms. The molecule has 0 saturated heterocycles. The van der Waals surface area contributed by atoms with Gasteiger partial charge in [0.1, 0.15) is 11.5 Å². The van der Waals surface area contributed by atoms with Crippen LogP contribution in [0, 0.1) is 6.92 Å². The van der Waals surface area contributed by atoms with E-state index in [2.05, 4.69) is 25.8 Å². The summed E-state index contributed by atoms with van der Waals surface area (Å²) in [5, 5.41) is 9.42. The monoisotopic (exact) mass is 325 g/mol. The molecule has 0 fully saturated rings. The van der Waals surface area contributed by atoms with Crippen LogP contribution >= 0.6 is 0 Å². The molecule has 2 aromatic heterocycles. The van der Waals surface area contributed by atoms with Gasteiger partial charge in [-0.2, -0.15) is 0 Å². The van der Waals surface area contributed by atoms with E-state index in [-0.39, 0.29) is 5.91 Å². The Kier molecular flexibility index (Phi) is 4.37. The lowest BCUT2D eigenvalue weighted by Gasteiger charge is -2.06. The van der Waals surface area contributed by atoms with Crippen molar-refractivity contribution in [1.29, 1.82) is 0 Å². The van der Waals surface area contributed by atoms with Gasteiger partial charge in [0, 0.05) is 24.1 Å². The van der Waals surface area contributed by atoms with E-state index < -0.39 is 0 Å². The number of amides is 1. The van der Waals surface area contributed by atoms with E-state index in [4.69, 9.17) is 9.26 Å². The van der Waals surface area contributed by atoms with Crippen LogP contribution in [0.3, 0.4) is 0 Å². The highest BCUT2D eigenvalue weighted by Gasteiger charge is 2.09. The Balaban J connectivity index is 1.64. The number of aromatic nitrogens is 3. The van der Waals surface area contributed by atoms with Crippen LogP contribution in [0.1, 0.15) is 16.1 Å². The third kappa shape index (κ3) is 3.67. The minimum Gasteiger partial charge on any atom is -0.497 e. The van der Waals surface area contributed by atoms with E-state index in [1.807, 2.05) is 0 Å². The minimum atomic E-state index is -0.302. The van der Waals surface area contributed by atoms with Crippen LogP contribution in [0.5, 0.6) is 5.75 Å². The molecule has 0 atom stereocenters. The fourth-order valence-corrected chi connectivity index (χ4v) is 1.93. The first-order valence-corrected chi connectivity index (χ1v) is 7.12. The summed E-state index contributed by atoms with van der Waals surface area (Å²) in [6, 6.07) is 8.74. The largest absolute Gasteiger partial charge is 0.497 e. The van der Waals surface area contributed by atoms with E-state index in [0.717, 1.165) is 5.75 Å². The Hall–Kier alpha value is -3.42. The lowest BCUT2D eigenvalue weighted by atomic mass is 10.2. The van der Waals surface area contributed by atoms with Crippen LogP contribution in [-0.2, 0) is 0 Å². The highest BCUT2D eigenvalue weighted by atomic mass is 16.5. The number of methoxy groups -OCH3 is 1. The fraction of sp³-hybridized carbons (Fsp3) is 0.125. The van der Waals surface area contributed by atoms with Crippen molar-refractivity contribution < 1.29 is 14.1 Å². The highest BCUT2D eigenvalue weighted by Crippen LogP contribution is 2.16. The molecule has 3 aromatic rings. The third-order valence-electron chi connectivity index (χ3n) is 3.13. The molecule has 24 heavy (non-hydrogen) atoms. The van der Waals surface area contributed by atoms with Crippen molar-refractivity contribution in [2.24, 2.45) is 0 Å². The predicted octanol–water partition coefficient (Wildman–Crippen LogP) is 2.78. The second-order valence-electron chi connectivity index (χ2n) is 4.93. The van der Waals surface area contributed by atoms with Crippen molar-refractivity contribution in [2.75, 3.05) is 17.7 Å². The van der Waals surface area contributed by atoms with Gasteiger partial charge in [0.2, 0.25) is 5.95 Å². The minimum absolute atomic E-state index is 0.302. The van der Waals surface area contributed by atoms with Crippen molar-refractivity contribution in [2.45, 2.75) is 6.92 Å². The zero-order chi connectivity index (χ0) is 16.9. The molecule has 8 nitrogen and oxygen atoms in total. The molecule has 0 aliphatic rings. The van der Waals surface area contributed by atoms with E-state index in [1.54, 1.807) is 44.4 Å². The topological polar surface area (TPSA) is 102 Å². The molecule has 0 spiro atoms. The van der Waals surface area contributed by atoms with Crippen molar-refractivity contribution in [3.05, 3.63) is 54.0 Å². The summed E-state index contributed by atoms with van der Waals surface area (Å²) < 4.78 is 10.0. The molecule has 2 N–H and O–H groups in total. The van der Waals surface area contributed by atoms with Gasteiger partial charge >= 0.3 is 0 Å². The van der Waals surface area contributed by atoms with Crippen LogP contribution in [0.4, 0.5) is 17.5 Å². The second-order valence-corrected chi connectivity index (χ2v) is 4.93. The first-order chi connectivity index (χ1) is 11.6. The first kappa shape index (κ1) is 15.5. The van der Waals surface area contributed by atoms with Crippen LogP contribution in [0.2, 0.25) is 0 Å². The van der Waals surface area contributed by atoms with Gasteiger partial charge in [0.15, 0.2) is 5.82 Å². The summed E-state index contributed by atoms with van der Waals surface area (Å²) in [6.07, 6.45) is 2.86. The molecular formula is C16H15N5O3. The van der Waals surface area contributed by atoms with Gasteiger partial charge in [-0.25, -0.2) is 9.97 Å². The predicted molar refractivity (Wildman–Crippen MR) is 87.5 cm³/mol. The van der Waals surface area contributed by atoms with Crippen molar-refractivity contribution in [3.8, 4) is 5.75 Å². The first-order valence-electron chi connectivity index (χ1n) is 7.12. The quantitative estimate of drug-likeness (QED) is 0.743. The second kappa shape index (κ2) is 6.78. The summed E-state index contributed by atoms with van der Waals surface area (Å²) in [7, 11) is 1.58. The zero-order valence-electron chi connectivity index (χ0n) is 13.1. The maximum absolute atomic E-state index is 12.2. The molecule has 0 saturated carbocycles. The number of anilines is 3. The lowest BCUT2D eigenvalue weighted by Crippen LogP contribution is -2.13. The van der Waals surface area contributed by atoms with E-state index in [1.165, 1.54) is 12.4 Å². The van der Waals surface area contributed by atoms with Crippen molar-refractivity contribution in [3.63, 3.8) is 0 Å². The molecule has 3 rings (SSSR count). The fourth-order valence-electron chi connectivity index (χ4n) is 1.93. The summed E-state index contributed by atoms with van der Waals surface area (Å²) >= 11 is 0. The Labute approximate surface area is 137 Å². The number of hydrogen-bond acceptors (Lipinski definition) is 7. The van der Waals surface area contributed by atoms with E-state index >= 15 is 0 Å². The molecule has 8 heteroatoms. The van der Waals surface area contributed by atoms with Gasteiger partial charge < -0.3 is 19.9 Å². The van der Waals surface area contributed by atoms with E-state index in [9.17, 15) is 4.79 Å². The van der Waals surface area contributed by atoms with Gasteiger partial charge in [-0.1, -0.05) is 5.16 Å². The summed E-state index contributed by atoms with van der Waals surface area (Å²) in [4.78, 5) is 20.3. The summed E-state index contributed by atoms with van der Waals surface area (Å²) in [6.45, 7) is 1.78. The van der Waals surface area contributed by atoms with Gasteiger partial charge in [-0.15, -0.1) is 0 Å². The standard InChI is InChI=1S/C16H15N5O3/c1-10-7-14(21-24-10)20-16-17-8-11(9-18-16)15(22)19-12-3-5-13(23-2)6-4-12/h3-9H,1-2H3,(H,19,22)(H,17,18,20,21). The van der Waals surface area contributed by atoms with Gasteiger partial charge in [0.05, 0.1) is 12.7 Å². The molecule has 0 radical (unpaired) electrons. The molecule has 0 aliphatic carbocycles. The third-order valence-corrected chi connectivity index (χ3v) is 3.13. The summed E-state index contributed by atoms with van der Waals surface area (Å²) in [5.74, 6) is 1.92. The average Bonchev–Trinajstić information content (AvgIpc) is 3.01. The Morgan fingerprint density at radius 1 is 1.17 bits per heavy atom. The molecule has 2 heterocycles. The Bertz CT molecular complexity index is 828. The number of hydrogen-bond donors (Lipinski definition) is 2. The molecular weight excluding hydrogens is 310 g/mol. The van der Waals surface area contributed by atoms with Crippen molar-refractivity contribution in [1.82, 2.24) is 15.1 Å². The number of rotatable bonds is 5. The zero-order valence-corrected chi connectivity index (χ0v) is 13.1. The number of carbonyl (C=O) groups excluding carboxylic acids is 1. The average molecular weight is 325 g/mol. The number of benzene rings is 1. The number of nitrogens with zero attached hydrogens (tertiary/aromatic N) is 3. The van der Waals surface area contributed by atoms with Crippen LogP contribution in [-0.4, -0.2) is 28.1 Å². The van der Waals surface area contributed by atoms with Gasteiger partial charge in [-0.3, -0.25) is 4.79 Å². The Morgan fingerprint density at radius 3 is 2.46 bits per heavy atom. The smallest absolute Gasteiger partial charge is 0.258 e. The van der Waals surface area contributed by atoms with Gasteiger partial charge in [-0.05, 0) is 31.2 Å². The Morgan fingerprint density at radius 2 is 1.88 bits per heavy atom. The number of carbonyl (C=O) groups is 1. The molecule has 0 unspecified atom stereocenters. The van der Waals surface area contributed by atoms with Crippen LogP contribution < -0.4 is 15.4 Å².